The van der Waals surface area contributed by atoms with Gasteiger partial charge in [-0.15, -0.1) is 0 Å². The van der Waals surface area contributed by atoms with Crippen molar-refractivity contribution < 1.29 is 24.1 Å². The van der Waals surface area contributed by atoms with Gasteiger partial charge in [0.2, 0.25) is 6.23 Å². The fourth-order valence-electron chi connectivity index (χ4n) is 4.82. The first kappa shape index (κ1) is 24.2. The van der Waals surface area contributed by atoms with Crippen LogP contribution in [0.15, 0.2) is 72.8 Å². The summed E-state index contributed by atoms with van der Waals surface area (Å²) in [6.45, 7) is 4.29. The van der Waals surface area contributed by atoms with Crippen LogP contribution in [0.5, 0.6) is 5.75 Å². The van der Waals surface area contributed by atoms with E-state index in [4.69, 9.17) is 14.2 Å². The summed E-state index contributed by atoms with van der Waals surface area (Å²) < 4.78 is 19.1. The molecule has 0 aliphatic carbocycles. The third-order valence-corrected chi connectivity index (χ3v) is 6.59. The Morgan fingerprint density at radius 1 is 0.861 bits per heavy atom. The highest BCUT2D eigenvalue weighted by Gasteiger charge is 2.24. The molecule has 0 radical (unpaired) electrons. The highest BCUT2D eigenvalue weighted by molar-refractivity contribution is 6.08. The molecular weight excluding hydrogens is 456 g/mol. The van der Waals surface area contributed by atoms with Gasteiger partial charge in [-0.3, -0.25) is 0 Å². The van der Waals surface area contributed by atoms with Gasteiger partial charge in [0.1, 0.15) is 5.75 Å². The van der Waals surface area contributed by atoms with Crippen molar-refractivity contribution in [3.8, 4) is 5.75 Å². The number of aromatic nitrogens is 1. The van der Waals surface area contributed by atoms with Crippen LogP contribution in [0, 0.1) is 0 Å². The van der Waals surface area contributed by atoms with Crippen LogP contribution >= 0.6 is 0 Å². The molecule has 7 heteroatoms. The van der Waals surface area contributed by atoms with E-state index in [2.05, 4.69) is 17.0 Å². The minimum atomic E-state index is -1.08. The standard InChI is InChI=1S/C29H32N2O5/c32-29(33)28(31-26-13-4-2-11-24(26)25-12-3-5-14-27(25)31)36-18-7-1-6-17-35-23-10-8-9-22(21-23)30-15-19-34-20-16-30/h2-5,8-14,21,28H,1,6-7,15-20H2,(H,32,33). The lowest BCUT2D eigenvalue weighted by atomic mass is 10.2. The Bertz CT molecular complexity index is 1260. The van der Waals surface area contributed by atoms with Gasteiger partial charge >= 0.3 is 5.97 Å². The van der Waals surface area contributed by atoms with Crippen LogP contribution in [0.1, 0.15) is 25.5 Å². The average molecular weight is 489 g/mol. The minimum Gasteiger partial charge on any atom is -0.494 e. The zero-order valence-electron chi connectivity index (χ0n) is 20.3. The Morgan fingerprint density at radius 2 is 1.53 bits per heavy atom. The number of carboxylic acids is 1. The van der Waals surface area contributed by atoms with Crippen LogP contribution in [-0.4, -0.2) is 55.2 Å². The Hall–Kier alpha value is -3.55. The number of anilines is 1. The molecule has 1 fully saturated rings. The topological polar surface area (TPSA) is 73.2 Å². The first-order valence-corrected chi connectivity index (χ1v) is 12.6. The second kappa shape index (κ2) is 11.5. The van der Waals surface area contributed by atoms with E-state index in [1.807, 2.05) is 60.7 Å². The molecule has 1 atom stereocenters. The van der Waals surface area contributed by atoms with Crippen molar-refractivity contribution in [3.63, 3.8) is 0 Å². The van der Waals surface area contributed by atoms with E-state index in [1.165, 1.54) is 0 Å². The summed E-state index contributed by atoms with van der Waals surface area (Å²) >= 11 is 0. The van der Waals surface area contributed by atoms with E-state index < -0.39 is 12.2 Å². The number of hydrogen-bond acceptors (Lipinski definition) is 5. The quantitative estimate of drug-likeness (QED) is 0.282. The van der Waals surface area contributed by atoms with E-state index in [-0.39, 0.29) is 0 Å². The molecule has 5 rings (SSSR count). The number of hydrogen-bond donors (Lipinski definition) is 1. The number of nitrogens with zero attached hydrogens (tertiary/aromatic N) is 2. The fourth-order valence-corrected chi connectivity index (χ4v) is 4.82. The highest BCUT2D eigenvalue weighted by atomic mass is 16.5. The number of rotatable bonds is 11. The number of morpholine rings is 1. The van der Waals surface area contributed by atoms with Crippen LogP contribution in [0.3, 0.4) is 0 Å². The number of fused-ring (bicyclic) bond motifs is 3. The maximum Gasteiger partial charge on any atom is 0.354 e. The maximum absolute atomic E-state index is 12.2. The van der Waals surface area contributed by atoms with Crippen molar-refractivity contribution >= 4 is 33.5 Å². The molecule has 0 amide bonds. The molecule has 1 aromatic heterocycles. The third kappa shape index (κ3) is 5.32. The fraction of sp³-hybridized carbons (Fsp3) is 0.345. The smallest absolute Gasteiger partial charge is 0.354 e. The molecule has 0 saturated carbocycles. The number of ether oxygens (including phenoxy) is 3. The van der Waals surface area contributed by atoms with Gasteiger partial charge in [0.05, 0.1) is 30.9 Å². The number of para-hydroxylation sites is 2. The van der Waals surface area contributed by atoms with E-state index in [0.717, 1.165) is 78.8 Å². The maximum atomic E-state index is 12.2. The zero-order valence-corrected chi connectivity index (χ0v) is 20.3. The molecule has 1 saturated heterocycles. The molecule has 2 heterocycles. The van der Waals surface area contributed by atoms with Crippen molar-refractivity contribution in [2.24, 2.45) is 0 Å². The van der Waals surface area contributed by atoms with Gasteiger partial charge < -0.3 is 28.8 Å². The Labute approximate surface area is 210 Å². The lowest BCUT2D eigenvalue weighted by Crippen LogP contribution is -2.36. The van der Waals surface area contributed by atoms with Gasteiger partial charge in [0.25, 0.3) is 0 Å². The molecule has 0 spiro atoms. The Morgan fingerprint density at radius 3 is 2.22 bits per heavy atom. The van der Waals surface area contributed by atoms with Crippen LogP contribution in [0.4, 0.5) is 5.69 Å². The van der Waals surface area contributed by atoms with E-state index in [9.17, 15) is 9.90 Å². The van der Waals surface area contributed by atoms with Crippen molar-refractivity contribution in [1.82, 2.24) is 4.57 Å². The van der Waals surface area contributed by atoms with Crippen molar-refractivity contribution in [3.05, 3.63) is 72.8 Å². The van der Waals surface area contributed by atoms with E-state index in [0.29, 0.717) is 13.2 Å². The summed E-state index contributed by atoms with van der Waals surface area (Å²) in [6.07, 6.45) is 1.45. The van der Waals surface area contributed by atoms with Gasteiger partial charge in [-0.2, -0.15) is 0 Å². The Balaban J connectivity index is 1.13. The monoisotopic (exact) mass is 488 g/mol. The number of unbranched alkanes of at least 4 members (excludes halogenated alkanes) is 2. The summed E-state index contributed by atoms with van der Waals surface area (Å²) in [6, 6.07) is 23.9. The number of carbonyl (C=O) groups is 1. The van der Waals surface area contributed by atoms with Gasteiger partial charge in [-0.25, -0.2) is 4.79 Å². The van der Waals surface area contributed by atoms with E-state index in [1.54, 1.807) is 4.57 Å². The summed E-state index contributed by atoms with van der Waals surface area (Å²) in [5.74, 6) is -0.127. The van der Waals surface area contributed by atoms with Crippen molar-refractivity contribution in [2.75, 3.05) is 44.4 Å². The second-order valence-corrected chi connectivity index (χ2v) is 8.97. The van der Waals surface area contributed by atoms with Gasteiger partial charge in [0, 0.05) is 42.2 Å². The van der Waals surface area contributed by atoms with Gasteiger partial charge in [-0.1, -0.05) is 42.5 Å². The molecule has 36 heavy (non-hydrogen) atoms. The molecule has 1 aliphatic heterocycles. The van der Waals surface area contributed by atoms with Crippen LogP contribution in [0.25, 0.3) is 21.8 Å². The predicted octanol–water partition coefficient (Wildman–Crippen LogP) is 5.48. The molecule has 4 aromatic rings. The van der Waals surface area contributed by atoms with Crippen molar-refractivity contribution in [2.45, 2.75) is 25.5 Å². The lowest BCUT2D eigenvalue weighted by Gasteiger charge is -2.29. The highest BCUT2D eigenvalue weighted by Crippen LogP contribution is 2.32. The first-order chi connectivity index (χ1) is 17.7. The number of benzene rings is 3. The molecule has 0 bridgehead atoms. The van der Waals surface area contributed by atoms with Crippen LogP contribution in [-0.2, 0) is 14.3 Å². The minimum absolute atomic E-state index is 0.365. The van der Waals surface area contributed by atoms with Gasteiger partial charge in [-0.05, 0) is 43.5 Å². The molecule has 7 nitrogen and oxygen atoms in total. The summed E-state index contributed by atoms with van der Waals surface area (Å²) in [7, 11) is 0. The SMILES string of the molecule is O=C(O)C(OCCCCCOc1cccc(N2CCOCC2)c1)n1c2ccccc2c2ccccc21. The van der Waals surface area contributed by atoms with Crippen LogP contribution in [0.2, 0.25) is 0 Å². The average Bonchev–Trinajstić information content (AvgIpc) is 3.25. The summed E-state index contributed by atoms with van der Waals surface area (Å²) in [5, 5.41) is 12.0. The largest absolute Gasteiger partial charge is 0.494 e. The molecule has 1 aliphatic rings. The van der Waals surface area contributed by atoms with Crippen molar-refractivity contribution in [1.29, 1.82) is 0 Å². The number of aliphatic carboxylic acids is 1. The van der Waals surface area contributed by atoms with Crippen LogP contribution < -0.4 is 9.64 Å². The lowest BCUT2D eigenvalue weighted by molar-refractivity contribution is -0.156. The molecule has 3 aromatic carbocycles. The second-order valence-electron chi connectivity index (χ2n) is 8.97. The van der Waals surface area contributed by atoms with Gasteiger partial charge in [0.15, 0.2) is 0 Å². The normalized spacial score (nSPS) is 14.8. The summed E-state index contributed by atoms with van der Waals surface area (Å²) in [5.41, 5.74) is 2.88. The Kier molecular flexibility index (Phi) is 7.69. The molecular formula is C29H32N2O5. The molecule has 1 N–H and O–H groups in total. The van der Waals surface area contributed by atoms with E-state index >= 15 is 0 Å². The molecule has 188 valence electrons. The molecule has 1 unspecified atom stereocenters. The third-order valence-electron chi connectivity index (χ3n) is 6.59. The summed E-state index contributed by atoms with van der Waals surface area (Å²) in [4.78, 5) is 14.5. The zero-order chi connectivity index (χ0) is 24.7. The first-order valence-electron chi connectivity index (χ1n) is 12.6. The predicted molar refractivity (Wildman–Crippen MR) is 141 cm³/mol. The number of carboxylic acid groups (broad SMARTS) is 1.